The van der Waals surface area contributed by atoms with E-state index in [2.05, 4.69) is 15.9 Å². The van der Waals surface area contributed by atoms with Gasteiger partial charge in [-0.2, -0.15) is 0 Å². The second kappa shape index (κ2) is 4.09. The third kappa shape index (κ3) is 2.44. The van der Waals surface area contributed by atoms with Crippen molar-refractivity contribution < 1.29 is 9.13 Å². The molecule has 0 N–H and O–H groups in total. The average Bonchev–Trinajstić information content (AvgIpc) is 2.18. The Morgan fingerprint density at radius 3 is 2.77 bits per heavy atom. The summed E-state index contributed by atoms with van der Waals surface area (Å²) in [6.07, 6.45) is 0. The van der Waals surface area contributed by atoms with E-state index in [1.54, 1.807) is 31.4 Å². The fourth-order valence-electron chi connectivity index (χ4n) is 1.02. The van der Waals surface area contributed by atoms with Crippen molar-refractivity contribution in [2.24, 2.45) is 0 Å². The lowest BCUT2D eigenvalue weighted by Crippen LogP contribution is -2.16. The van der Waals surface area contributed by atoms with Crippen molar-refractivity contribution in [1.29, 1.82) is 0 Å². The predicted molar refractivity (Wildman–Crippen MR) is 55.2 cm³/mol. The van der Waals surface area contributed by atoms with Crippen molar-refractivity contribution in [3.63, 3.8) is 0 Å². The Morgan fingerprint density at radius 1 is 1.54 bits per heavy atom. The number of ether oxygens (including phenoxy) is 1. The maximum absolute atomic E-state index is 13.8. The third-order valence-corrected chi connectivity index (χ3v) is 2.98. The molecular weight excluding hydrogens is 235 g/mol. The average molecular weight is 247 g/mol. The number of benzene rings is 1. The molecule has 0 saturated carbocycles. The van der Waals surface area contributed by atoms with Gasteiger partial charge in [0.25, 0.3) is 0 Å². The molecule has 1 nitrogen and oxygen atoms in total. The van der Waals surface area contributed by atoms with Gasteiger partial charge in [0.15, 0.2) is 0 Å². The quantitative estimate of drug-likeness (QED) is 0.745. The topological polar surface area (TPSA) is 9.23 Å². The standard InChI is InChI=1S/C10H12BrFO/c1-10(12,7-11)8-4-3-5-9(6-8)13-2/h3-6H,7H2,1-2H3/t10-/m0/s1. The lowest BCUT2D eigenvalue weighted by Gasteiger charge is -2.18. The van der Waals surface area contributed by atoms with E-state index >= 15 is 0 Å². The summed E-state index contributed by atoms with van der Waals surface area (Å²) >= 11 is 3.14. The molecule has 0 amide bonds. The molecule has 1 atom stereocenters. The van der Waals surface area contributed by atoms with Crippen molar-refractivity contribution >= 4 is 15.9 Å². The van der Waals surface area contributed by atoms with Gasteiger partial charge >= 0.3 is 0 Å². The Hall–Kier alpha value is -0.570. The van der Waals surface area contributed by atoms with Crippen LogP contribution >= 0.6 is 15.9 Å². The monoisotopic (exact) mass is 246 g/mol. The highest BCUT2D eigenvalue weighted by atomic mass is 79.9. The first-order chi connectivity index (χ1) is 6.10. The van der Waals surface area contributed by atoms with E-state index in [-0.39, 0.29) is 5.33 Å². The fraction of sp³-hybridized carbons (Fsp3) is 0.400. The maximum atomic E-state index is 13.8. The zero-order valence-electron chi connectivity index (χ0n) is 7.68. The molecule has 0 bridgehead atoms. The highest BCUT2D eigenvalue weighted by molar-refractivity contribution is 9.09. The van der Waals surface area contributed by atoms with E-state index in [1.807, 2.05) is 0 Å². The van der Waals surface area contributed by atoms with Crippen LogP contribution in [0.3, 0.4) is 0 Å². The number of rotatable bonds is 3. The van der Waals surface area contributed by atoms with E-state index in [9.17, 15) is 4.39 Å². The molecule has 0 unspecified atom stereocenters. The van der Waals surface area contributed by atoms with Crippen LogP contribution < -0.4 is 4.74 Å². The Balaban J connectivity index is 3.01. The van der Waals surface area contributed by atoms with Gasteiger partial charge in [0.05, 0.1) is 7.11 Å². The summed E-state index contributed by atoms with van der Waals surface area (Å²) in [6, 6.07) is 7.05. The maximum Gasteiger partial charge on any atom is 0.143 e. The van der Waals surface area contributed by atoms with Gasteiger partial charge in [-0.15, -0.1) is 0 Å². The van der Waals surface area contributed by atoms with Crippen LogP contribution in [-0.2, 0) is 5.67 Å². The van der Waals surface area contributed by atoms with Crippen LogP contribution in [0, 0.1) is 0 Å². The van der Waals surface area contributed by atoms with Crippen LogP contribution in [0.15, 0.2) is 24.3 Å². The molecule has 0 saturated heterocycles. The van der Waals surface area contributed by atoms with Crippen molar-refractivity contribution in [1.82, 2.24) is 0 Å². The molecule has 1 rings (SSSR count). The minimum absolute atomic E-state index is 0.285. The molecule has 0 aliphatic heterocycles. The molecule has 0 radical (unpaired) electrons. The Morgan fingerprint density at radius 2 is 2.23 bits per heavy atom. The first-order valence-corrected chi connectivity index (χ1v) is 5.12. The summed E-state index contributed by atoms with van der Waals surface area (Å²) in [7, 11) is 1.57. The Bertz CT molecular complexity index is 286. The molecule has 13 heavy (non-hydrogen) atoms. The fourth-order valence-corrected chi connectivity index (χ4v) is 1.35. The summed E-state index contributed by atoms with van der Waals surface area (Å²) < 4.78 is 18.8. The molecule has 0 heterocycles. The van der Waals surface area contributed by atoms with Crippen LogP contribution in [0.4, 0.5) is 4.39 Å². The smallest absolute Gasteiger partial charge is 0.143 e. The molecule has 3 heteroatoms. The second-order valence-corrected chi connectivity index (χ2v) is 3.62. The second-order valence-electron chi connectivity index (χ2n) is 3.06. The summed E-state index contributed by atoms with van der Waals surface area (Å²) in [5.41, 5.74) is -0.710. The van der Waals surface area contributed by atoms with Gasteiger partial charge in [-0.1, -0.05) is 28.1 Å². The SMILES string of the molecule is COc1cccc([C@@](C)(F)CBr)c1. The number of alkyl halides is 2. The third-order valence-electron chi connectivity index (χ3n) is 1.92. The summed E-state index contributed by atoms with van der Waals surface area (Å²) in [5.74, 6) is 0.683. The minimum Gasteiger partial charge on any atom is -0.497 e. The van der Waals surface area contributed by atoms with Crippen molar-refractivity contribution in [3.8, 4) is 5.75 Å². The Labute approximate surface area is 86.0 Å². The van der Waals surface area contributed by atoms with Crippen molar-refractivity contribution in [3.05, 3.63) is 29.8 Å². The molecule has 72 valence electrons. The normalized spacial score (nSPS) is 15.1. The molecule has 0 spiro atoms. The molecular formula is C10H12BrFO. The zero-order chi connectivity index (χ0) is 9.90. The first-order valence-electron chi connectivity index (χ1n) is 3.99. The lowest BCUT2D eigenvalue weighted by atomic mass is 10.0. The molecule has 0 aliphatic rings. The summed E-state index contributed by atoms with van der Waals surface area (Å²) in [5, 5.41) is 0.285. The van der Waals surface area contributed by atoms with Gasteiger partial charge in [0.2, 0.25) is 0 Å². The highest BCUT2D eigenvalue weighted by Crippen LogP contribution is 2.29. The van der Waals surface area contributed by atoms with Gasteiger partial charge < -0.3 is 4.74 Å². The van der Waals surface area contributed by atoms with Gasteiger partial charge in [0.1, 0.15) is 11.4 Å². The van der Waals surface area contributed by atoms with E-state index in [4.69, 9.17) is 4.74 Å². The molecule has 1 aromatic rings. The molecule has 1 aromatic carbocycles. The van der Waals surface area contributed by atoms with E-state index in [0.717, 1.165) is 0 Å². The van der Waals surface area contributed by atoms with Gasteiger partial charge in [-0.25, -0.2) is 4.39 Å². The van der Waals surface area contributed by atoms with Gasteiger partial charge in [-0.3, -0.25) is 0 Å². The summed E-state index contributed by atoms with van der Waals surface area (Å²) in [6.45, 7) is 1.54. The van der Waals surface area contributed by atoms with E-state index in [0.29, 0.717) is 11.3 Å². The number of hydrogen-bond donors (Lipinski definition) is 0. The van der Waals surface area contributed by atoms with E-state index in [1.165, 1.54) is 6.92 Å². The van der Waals surface area contributed by atoms with Crippen LogP contribution in [0.25, 0.3) is 0 Å². The lowest BCUT2D eigenvalue weighted by molar-refractivity contribution is 0.229. The van der Waals surface area contributed by atoms with E-state index < -0.39 is 5.67 Å². The van der Waals surface area contributed by atoms with Crippen molar-refractivity contribution in [2.45, 2.75) is 12.6 Å². The molecule has 0 aromatic heterocycles. The molecule has 0 aliphatic carbocycles. The highest BCUT2D eigenvalue weighted by Gasteiger charge is 2.24. The predicted octanol–water partition coefficient (Wildman–Crippen LogP) is 3.27. The van der Waals surface area contributed by atoms with Crippen molar-refractivity contribution in [2.75, 3.05) is 12.4 Å². The zero-order valence-corrected chi connectivity index (χ0v) is 9.27. The largest absolute Gasteiger partial charge is 0.497 e. The molecule has 0 fully saturated rings. The number of halogens is 2. The Kier molecular flexibility index (Phi) is 3.31. The van der Waals surface area contributed by atoms with Crippen LogP contribution in [-0.4, -0.2) is 12.4 Å². The van der Waals surface area contributed by atoms with Crippen LogP contribution in [0.1, 0.15) is 12.5 Å². The van der Waals surface area contributed by atoms with Crippen LogP contribution in [0.2, 0.25) is 0 Å². The minimum atomic E-state index is -1.34. The van der Waals surface area contributed by atoms with Crippen LogP contribution in [0.5, 0.6) is 5.75 Å². The van der Waals surface area contributed by atoms with Gasteiger partial charge in [0, 0.05) is 5.33 Å². The van der Waals surface area contributed by atoms with Gasteiger partial charge in [-0.05, 0) is 24.6 Å². The summed E-state index contributed by atoms with van der Waals surface area (Å²) in [4.78, 5) is 0. The number of hydrogen-bond acceptors (Lipinski definition) is 1. The first kappa shape index (κ1) is 10.5. The number of methoxy groups -OCH3 is 1.